The van der Waals surface area contributed by atoms with Crippen molar-refractivity contribution in [3.63, 3.8) is 0 Å². The zero-order valence-electron chi connectivity index (χ0n) is 15.1. The Kier molecular flexibility index (Phi) is 5.28. The first-order valence-corrected chi connectivity index (χ1v) is 9.94. The molecule has 0 aliphatic carbocycles. The predicted molar refractivity (Wildman–Crippen MR) is 115 cm³/mol. The average Bonchev–Trinajstić information content (AvgIpc) is 3.38. The summed E-state index contributed by atoms with van der Waals surface area (Å²) in [4.78, 5) is 19.3. The van der Waals surface area contributed by atoms with Crippen molar-refractivity contribution in [2.45, 2.75) is 13.5 Å². The maximum absolute atomic E-state index is 13.0. The highest BCUT2D eigenvalue weighted by Gasteiger charge is 2.21. The lowest BCUT2D eigenvalue weighted by atomic mass is 10.2. The highest BCUT2D eigenvalue weighted by molar-refractivity contribution is 7.23. The Bertz CT molecular complexity index is 1100. The van der Waals surface area contributed by atoms with Gasteiger partial charge in [-0.1, -0.05) is 59.3 Å². The number of amides is 1. The van der Waals surface area contributed by atoms with Gasteiger partial charge in [-0.25, -0.2) is 4.98 Å². The van der Waals surface area contributed by atoms with Crippen LogP contribution in [-0.2, 0) is 11.3 Å². The van der Waals surface area contributed by atoms with E-state index in [1.807, 2.05) is 55.5 Å². The smallest absolute Gasteiger partial charge is 0.253 e. The van der Waals surface area contributed by atoms with Crippen LogP contribution >= 0.6 is 22.9 Å². The van der Waals surface area contributed by atoms with Crippen LogP contribution in [0.15, 0.2) is 71.4 Å². The minimum atomic E-state index is -0.173. The van der Waals surface area contributed by atoms with Crippen LogP contribution in [0.25, 0.3) is 16.3 Å². The molecular formula is C22H17ClN2O2S. The molecule has 0 aliphatic rings. The summed E-state index contributed by atoms with van der Waals surface area (Å²) in [5.41, 5.74) is 2.79. The van der Waals surface area contributed by atoms with Crippen molar-refractivity contribution >= 4 is 50.3 Å². The van der Waals surface area contributed by atoms with Crippen molar-refractivity contribution in [2.75, 3.05) is 4.90 Å². The number of hydrogen-bond acceptors (Lipinski definition) is 4. The number of carbonyl (C=O) groups is 1. The Morgan fingerprint density at radius 1 is 1.18 bits per heavy atom. The minimum Gasteiger partial charge on any atom is -0.467 e. The van der Waals surface area contributed by atoms with Gasteiger partial charge in [-0.3, -0.25) is 9.69 Å². The third kappa shape index (κ3) is 3.86. The maximum Gasteiger partial charge on any atom is 0.253 e. The fourth-order valence-electron chi connectivity index (χ4n) is 2.83. The third-order valence-electron chi connectivity index (χ3n) is 4.29. The monoisotopic (exact) mass is 408 g/mol. The van der Waals surface area contributed by atoms with E-state index in [1.165, 1.54) is 11.3 Å². The summed E-state index contributed by atoms with van der Waals surface area (Å²) in [6, 6.07) is 17.1. The Labute approximate surface area is 171 Å². The Hall–Kier alpha value is -2.89. The first-order chi connectivity index (χ1) is 13.6. The molecule has 0 N–H and O–H groups in total. The van der Waals surface area contributed by atoms with Gasteiger partial charge in [-0.2, -0.15) is 0 Å². The Balaban J connectivity index is 1.71. The molecule has 0 atom stereocenters. The number of anilines is 1. The van der Waals surface area contributed by atoms with Crippen molar-refractivity contribution < 1.29 is 9.21 Å². The van der Waals surface area contributed by atoms with Crippen LogP contribution in [0, 0.1) is 6.92 Å². The van der Waals surface area contributed by atoms with E-state index in [1.54, 1.807) is 29.4 Å². The van der Waals surface area contributed by atoms with Crippen LogP contribution in [0.1, 0.15) is 16.9 Å². The summed E-state index contributed by atoms with van der Waals surface area (Å²) in [6.45, 7) is 2.28. The molecule has 0 spiro atoms. The van der Waals surface area contributed by atoms with E-state index in [0.717, 1.165) is 21.3 Å². The quantitative estimate of drug-likeness (QED) is 0.375. The molecule has 0 aliphatic heterocycles. The van der Waals surface area contributed by atoms with Crippen molar-refractivity contribution in [1.82, 2.24) is 4.98 Å². The number of benzene rings is 2. The zero-order chi connectivity index (χ0) is 19.5. The molecule has 6 heteroatoms. The molecule has 28 heavy (non-hydrogen) atoms. The van der Waals surface area contributed by atoms with Gasteiger partial charge >= 0.3 is 0 Å². The van der Waals surface area contributed by atoms with Gasteiger partial charge in [-0.15, -0.1) is 0 Å². The molecule has 0 radical (unpaired) electrons. The summed E-state index contributed by atoms with van der Waals surface area (Å²) in [7, 11) is 0. The molecule has 4 rings (SSSR count). The number of aryl methyl sites for hydroxylation is 1. The molecule has 140 valence electrons. The van der Waals surface area contributed by atoms with Gasteiger partial charge < -0.3 is 4.42 Å². The number of fused-ring (bicyclic) bond motifs is 1. The van der Waals surface area contributed by atoms with E-state index < -0.39 is 0 Å². The minimum absolute atomic E-state index is 0.173. The summed E-state index contributed by atoms with van der Waals surface area (Å²) < 4.78 is 6.33. The van der Waals surface area contributed by atoms with Crippen LogP contribution in [-0.4, -0.2) is 10.9 Å². The lowest BCUT2D eigenvalue weighted by Gasteiger charge is -2.16. The second-order valence-electron chi connectivity index (χ2n) is 6.29. The molecule has 0 unspecified atom stereocenters. The fourth-order valence-corrected chi connectivity index (χ4v) is 4.15. The molecule has 4 nitrogen and oxygen atoms in total. The highest BCUT2D eigenvalue weighted by Crippen LogP contribution is 2.36. The first-order valence-electron chi connectivity index (χ1n) is 8.74. The number of nitrogens with zero attached hydrogens (tertiary/aromatic N) is 2. The van der Waals surface area contributed by atoms with Gasteiger partial charge in [0.05, 0.1) is 28.0 Å². The van der Waals surface area contributed by atoms with E-state index >= 15 is 0 Å². The molecule has 2 heterocycles. The molecule has 0 bridgehead atoms. The fraction of sp³-hybridized carbons (Fsp3) is 0.0909. The number of aromatic nitrogens is 1. The topological polar surface area (TPSA) is 46.3 Å². The number of carbonyl (C=O) groups excluding carboxylic acids is 1. The molecule has 0 saturated heterocycles. The van der Waals surface area contributed by atoms with Crippen LogP contribution in [0.2, 0.25) is 5.02 Å². The molecule has 2 aromatic heterocycles. The largest absolute Gasteiger partial charge is 0.467 e. The van der Waals surface area contributed by atoms with E-state index in [4.69, 9.17) is 21.0 Å². The van der Waals surface area contributed by atoms with Crippen LogP contribution < -0.4 is 4.90 Å². The maximum atomic E-state index is 13.0. The van der Waals surface area contributed by atoms with Crippen molar-refractivity contribution in [2.24, 2.45) is 0 Å². The van der Waals surface area contributed by atoms with Gasteiger partial charge in [0.2, 0.25) is 0 Å². The lowest BCUT2D eigenvalue weighted by molar-refractivity contribution is -0.114. The number of furan rings is 1. The lowest BCUT2D eigenvalue weighted by Crippen LogP contribution is -2.28. The predicted octanol–water partition coefficient (Wildman–Crippen LogP) is 6.10. The Morgan fingerprint density at radius 3 is 2.71 bits per heavy atom. The number of thiazole rings is 1. The van der Waals surface area contributed by atoms with Gasteiger partial charge in [0.1, 0.15) is 5.76 Å². The molecular weight excluding hydrogens is 392 g/mol. The SMILES string of the molecule is Cc1ccc(Cl)c2sc(N(Cc3ccco3)C(=O)/C=C/c3ccccc3)nc12. The van der Waals surface area contributed by atoms with Crippen molar-refractivity contribution in [3.8, 4) is 0 Å². The zero-order valence-corrected chi connectivity index (χ0v) is 16.7. The van der Waals surface area contributed by atoms with Gasteiger partial charge in [0, 0.05) is 6.08 Å². The molecule has 1 amide bonds. The molecule has 4 aromatic rings. The second kappa shape index (κ2) is 8.00. The second-order valence-corrected chi connectivity index (χ2v) is 7.67. The van der Waals surface area contributed by atoms with Crippen LogP contribution in [0.5, 0.6) is 0 Å². The highest BCUT2D eigenvalue weighted by atomic mass is 35.5. The van der Waals surface area contributed by atoms with Crippen LogP contribution in [0.4, 0.5) is 5.13 Å². The standard InChI is InChI=1S/C22H17ClN2O2S/c1-15-9-11-18(23)21-20(15)24-22(28-21)25(14-17-8-5-13-27-17)19(26)12-10-16-6-3-2-4-7-16/h2-13H,14H2,1H3/b12-10+. The summed E-state index contributed by atoms with van der Waals surface area (Å²) >= 11 is 7.75. The van der Waals surface area contributed by atoms with E-state index in [9.17, 15) is 4.79 Å². The summed E-state index contributed by atoms with van der Waals surface area (Å²) in [5, 5.41) is 1.22. The average molecular weight is 409 g/mol. The number of halogens is 1. The van der Waals surface area contributed by atoms with E-state index in [-0.39, 0.29) is 5.91 Å². The van der Waals surface area contributed by atoms with Crippen molar-refractivity contribution in [1.29, 1.82) is 0 Å². The van der Waals surface area contributed by atoms with Gasteiger partial charge in [0.25, 0.3) is 5.91 Å². The molecule has 2 aromatic carbocycles. The van der Waals surface area contributed by atoms with Gasteiger partial charge in [0.15, 0.2) is 5.13 Å². The van der Waals surface area contributed by atoms with Crippen molar-refractivity contribution in [3.05, 3.63) is 88.8 Å². The normalized spacial score (nSPS) is 11.4. The Morgan fingerprint density at radius 2 is 2.00 bits per heavy atom. The first kappa shape index (κ1) is 18.5. The summed E-state index contributed by atoms with van der Waals surface area (Å²) in [6.07, 6.45) is 4.94. The number of rotatable bonds is 5. The molecule has 0 saturated carbocycles. The van der Waals surface area contributed by atoms with E-state index in [2.05, 4.69) is 0 Å². The van der Waals surface area contributed by atoms with E-state index in [0.29, 0.717) is 22.5 Å². The molecule has 0 fully saturated rings. The number of hydrogen-bond donors (Lipinski definition) is 0. The third-order valence-corrected chi connectivity index (χ3v) is 5.83. The van der Waals surface area contributed by atoms with Gasteiger partial charge in [-0.05, 0) is 42.3 Å². The summed E-state index contributed by atoms with van der Waals surface area (Å²) in [5.74, 6) is 0.511. The van der Waals surface area contributed by atoms with Crippen LogP contribution in [0.3, 0.4) is 0 Å².